The zero-order valence-electron chi connectivity index (χ0n) is 15.4. The molecule has 0 unspecified atom stereocenters. The van der Waals surface area contributed by atoms with Crippen LogP contribution in [-0.4, -0.2) is 29.8 Å². The van der Waals surface area contributed by atoms with Crippen molar-refractivity contribution in [2.45, 2.75) is 43.7 Å². The molecule has 2 aromatic rings. The van der Waals surface area contributed by atoms with Crippen LogP contribution in [0.5, 0.6) is 0 Å². The number of carbonyl (C=O) groups is 2. The Morgan fingerprint density at radius 2 is 1.93 bits per heavy atom. The normalized spacial score (nSPS) is 16.7. The van der Waals surface area contributed by atoms with Gasteiger partial charge in [-0.15, -0.1) is 11.8 Å². The van der Waals surface area contributed by atoms with Gasteiger partial charge in [-0.05, 0) is 56.2 Å². The number of fused-ring (bicyclic) bond motifs is 1. The second-order valence-corrected chi connectivity index (χ2v) is 7.74. The Bertz CT molecular complexity index is 824. The molecule has 0 fully saturated rings. The average Bonchev–Trinajstić information content (AvgIpc) is 2.98. The van der Waals surface area contributed by atoms with Crippen LogP contribution in [0.3, 0.4) is 0 Å². The van der Waals surface area contributed by atoms with Crippen molar-refractivity contribution in [1.29, 1.82) is 0 Å². The van der Waals surface area contributed by atoms with E-state index in [2.05, 4.69) is 0 Å². The van der Waals surface area contributed by atoms with Gasteiger partial charge in [0.05, 0.1) is 6.42 Å². The van der Waals surface area contributed by atoms with Crippen molar-refractivity contribution in [2.24, 2.45) is 0 Å². The first-order chi connectivity index (χ1) is 13.0. The molecule has 3 rings (SSSR count). The predicted molar refractivity (Wildman–Crippen MR) is 104 cm³/mol. The van der Waals surface area contributed by atoms with E-state index in [-0.39, 0.29) is 24.2 Å². The maximum absolute atomic E-state index is 12.9. The van der Waals surface area contributed by atoms with Gasteiger partial charge in [0.25, 0.3) is 5.91 Å². The molecule has 2 atom stereocenters. The van der Waals surface area contributed by atoms with Crippen LogP contribution >= 0.6 is 11.8 Å². The van der Waals surface area contributed by atoms with E-state index in [1.165, 1.54) is 23.9 Å². The van der Waals surface area contributed by atoms with Gasteiger partial charge in [0, 0.05) is 22.4 Å². The molecular formula is C21H22FNO3S. The van der Waals surface area contributed by atoms with E-state index in [0.717, 1.165) is 22.6 Å². The number of anilines is 1. The number of halogens is 1. The van der Waals surface area contributed by atoms with Crippen molar-refractivity contribution < 1.29 is 18.7 Å². The minimum absolute atomic E-state index is 0.0464. The van der Waals surface area contributed by atoms with Crippen LogP contribution in [0.2, 0.25) is 0 Å². The molecule has 1 amide bonds. The molecule has 6 heteroatoms. The van der Waals surface area contributed by atoms with Gasteiger partial charge in [-0.2, -0.15) is 0 Å². The third kappa shape index (κ3) is 4.69. The Kier molecular flexibility index (Phi) is 6.16. The highest BCUT2D eigenvalue weighted by molar-refractivity contribution is 7.99. The summed E-state index contributed by atoms with van der Waals surface area (Å²) >= 11 is 1.45. The smallest absolute Gasteiger partial charge is 0.307 e. The third-order valence-corrected chi connectivity index (χ3v) is 5.50. The van der Waals surface area contributed by atoms with Crippen molar-refractivity contribution in [1.82, 2.24) is 0 Å². The van der Waals surface area contributed by atoms with E-state index < -0.39 is 12.1 Å². The zero-order valence-corrected chi connectivity index (χ0v) is 16.2. The van der Waals surface area contributed by atoms with Crippen molar-refractivity contribution in [3.8, 4) is 0 Å². The molecule has 1 heterocycles. The fourth-order valence-corrected chi connectivity index (χ4v) is 4.02. The Morgan fingerprint density at radius 1 is 1.22 bits per heavy atom. The lowest BCUT2D eigenvalue weighted by molar-refractivity contribution is -0.153. The van der Waals surface area contributed by atoms with Crippen molar-refractivity contribution in [3.63, 3.8) is 0 Å². The summed E-state index contributed by atoms with van der Waals surface area (Å²) in [7, 11) is 0. The first kappa shape index (κ1) is 19.4. The number of esters is 1. The number of benzene rings is 2. The number of amides is 1. The maximum atomic E-state index is 12.9. The Morgan fingerprint density at radius 3 is 2.67 bits per heavy atom. The molecule has 0 spiro atoms. The first-order valence-electron chi connectivity index (χ1n) is 8.94. The Balaban J connectivity index is 1.50. The molecule has 0 saturated heterocycles. The SMILES string of the molecule is C[C@@H]1Cc2ccccc2N1C(=O)[C@@H](C)OC(=O)CCSc1ccc(F)cc1. The molecule has 2 aromatic carbocycles. The molecule has 27 heavy (non-hydrogen) atoms. The number of ether oxygens (including phenoxy) is 1. The number of nitrogens with zero attached hydrogens (tertiary/aromatic N) is 1. The van der Waals surface area contributed by atoms with Gasteiger partial charge in [0.15, 0.2) is 6.10 Å². The number of thioether (sulfide) groups is 1. The molecule has 4 nitrogen and oxygen atoms in total. The molecule has 142 valence electrons. The highest BCUT2D eigenvalue weighted by Gasteiger charge is 2.34. The average molecular weight is 387 g/mol. The summed E-state index contributed by atoms with van der Waals surface area (Å²) in [6.07, 6.45) is 0.157. The predicted octanol–water partition coefficient (Wildman–Crippen LogP) is 4.22. The zero-order chi connectivity index (χ0) is 19.4. The van der Waals surface area contributed by atoms with Gasteiger partial charge in [-0.3, -0.25) is 9.59 Å². The van der Waals surface area contributed by atoms with Crippen molar-refractivity contribution in [3.05, 3.63) is 59.9 Å². The van der Waals surface area contributed by atoms with Gasteiger partial charge in [-0.1, -0.05) is 18.2 Å². The van der Waals surface area contributed by atoms with Crippen LogP contribution in [0.15, 0.2) is 53.4 Å². The second kappa shape index (κ2) is 8.57. The van der Waals surface area contributed by atoms with Crippen molar-refractivity contribution in [2.75, 3.05) is 10.7 Å². The van der Waals surface area contributed by atoms with E-state index in [1.807, 2.05) is 31.2 Å². The minimum Gasteiger partial charge on any atom is -0.452 e. The highest BCUT2D eigenvalue weighted by atomic mass is 32.2. The molecule has 0 aliphatic carbocycles. The van der Waals surface area contributed by atoms with Crippen LogP contribution in [0, 0.1) is 5.82 Å². The maximum Gasteiger partial charge on any atom is 0.307 e. The van der Waals surface area contributed by atoms with Gasteiger partial charge in [0.2, 0.25) is 0 Å². The van der Waals surface area contributed by atoms with Gasteiger partial charge >= 0.3 is 5.97 Å². The van der Waals surface area contributed by atoms with Crippen LogP contribution in [-0.2, 0) is 20.7 Å². The highest BCUT2D eigenvalue weighted by Crippen LogP contribution is 2.32. The lowest BCUT2D eigenvalue weighted by Crippen LogP contribution is -2.43. The fourth-order valence-electron chi connectivity index (χ4n) is 3.19. The summed E-state index contributed by atoms with van der Waals surface area (Å²) in [4.78, 5) is 27.5. The summed E-state index contributed by atoms with van der Waals surface area (Å²) in [5, 5.41) is 0. The quantitative estimate of drug-likeness (QED) is 0.550. The first-order valence-corrected chi connectivity index (χ1v) is 9.93. The van der Waals surface area contributed by atoms with Gasteiger partial charge in [-0.25, -0.2) is 4.39 Å². The van der Waals surface area contributed by atoms with Crippen LogP contribution in [0.25, 0.3) is 0 Å². The summed E-state index contributed by atoms with van der Waals surface area (Å²) < 4.78 is 18.2. The van der Waals surface area contributed by atoms with Gasteiger partial charge in [0.1, 0.15) is 5.82 Å². The topological polar surface area (TPSA) is 46.6 Å². The molecule has 0 radical (unpaired) electrons. The van der Waals surface area contributed by atoms with E-state index in [4.69, 9.17) is 4.74 Å². The van der Waals surface area contributed by atoms with Crippen LogP contribution < -0.4 is 4.90 Å². The molecule has 0 bridgehead atoms. The number of rotatable bonds is 6. The molecule has 1 aliphatic rings. The summed E-state index contributed by atoms with van der Waals surface area (Å²) in [6, 6.07) is 14.0. The largest absolute Gasteiger partial charge is 0.452 e. The molecule has 0 saturated carbocycles. The van der Waals surface area contributed by atoms with E-state index in [0.29, 0.717) is 5.75 Å². The van der Waals surface area contributed by atoms with Crippen LogP contribution in [0.4, 0.5) is 10.1 Å². The van der Waals surface area contributed by atoms with Gasteiger partial charge < -0.3 is 9.64 Å². The van der Waals surface area contributed by atoms with E-state index in [1.54, 1.807) is 24.0 Å². The molecule has 0 N–H and O–H groups in total. The minimum atomic E-state index is -0.832. The monoisotopic (exact) mass is 387 g/mol. The number of hydrogen-bond acceptors (Lipinski definition) is 4. The lowest BCUT2D eigenvalue weighted by Gasteiger charge is -2.25. The molecule has 0 aromatic heterocycles. The Hall–Kier alpha value is -2.34. The number of para-hydroxylation sites is 1. The summed E-state index contributed by atoms with van der Waals surface area (Å²) in [5.74, 6) is -0.393. The lowest BCUT2D eigenvalue weighted by atomic mass is 10.1. The molecule has 1 aliphatic heterocycles. The number of carbonyl (C=O) groups excluding carboxylic acids is 2. The van der Waals surface area contributed by atoms with E-state index >= 15 is 0 Å². The second-order valence-electron chi connectivity index (χ2n) is 6.57. The van der Waals surface area contributed by atoms with E-state index in [9.17, 15) is 14.0 Å². The van der Waals surface area contributed by atoms with Crippen molar-refractivity contribution >= 4 is 29.3 Å². The number of hydrogen-bond donors (Lipinski definition) is 0. The van der Waals surface area contributed by atoms with Crippen LogP contribution in [0.1, 0.15) is 25.8 Å². The Labute approximate surface area is 162 Å². The summed E-state index contributed by atoms with van der Waals surface area (Å²) in [5.41, 5.74) is 2.03. The third-order valence-electron chi connectivity index (χ3n) is 4.49. The molecular weight excluding hydrogens is 365 g/mol. The summed E-state index contributed by atoms with van der Waals surface area (Å²) in [6.45, 7) is 3.60. The fraction of sp³-hybridized carbons (Fsp3) is 0.333. The standard InChI is InChI=1S/C21H22FNO3S/c1-14-13-16-5-3-4-6-19(16)23(14)21(25)15(2)26-20(24)11-12-27-18-9-7-17(22)8-10-18/h3-10,14-15H,11-13H2,1-2H3/t14-,15-/m1/s1.